The van der Waals surface area contributed by atoms with Gasteiger partial charge >= 0.3 is 0 Å². The van der Waals surface area contributed by atoms with E-state index in [1.54, 1.807) is 18.3 Å². The quantitative estimate of drug-likeness (QED) is 0.862. The molecule has 0 radical (unpaired) electrons. The van der Waals surface area contributed by atoms with Crippen LogP contribution in [0.1, 0.15) is 11.1 Å². The topological polar surface area (TPSA) is 59.9 Å². The van der Waals surface area contributed by atoms with Crippen molar-refractivity contribution in [2.24, 2.45) is 0 Å². The molecule has 0 aliphatic rings. The molecule has 2 rings (SSSR count). The van der Waals surface area contributed by atoms with Crippen molar-refractivity contribution >= 4 is 15.9 Å². The lowest BCUT2D eigenvalue weighted by Gasteiger charge is -2.05. The number of sulfone groups is 1. The van der Waals surface area contributed by atoms with Gasteiger partial charge in [0.1, 0.15) is 0 Å². The molecular formula is C14H14N2O2S. The summed E-state index contributed by atoms with van der Waals surface area (Å²) < 4.78 is 22.7. The standard InChI is InChI=1S/C14H14N2O2S/c1-4-11-7-13(15-8-10(11)2)12-5-6-14(16-9-12)19(3,17)18/h4-9H,1H2,2-3H3. The first-order valence-electron chi connectivity index (χ1n) is 5.67. The predicted octanol–water partition coefficient (Wildman–Crippen LogP) is 2.50. The number of aromatic nitrogens is 2. The van der Waals surface area contributed by atoms with Gasteiger partial charge in [-0.15, -0.1) is 0 Å². The number of nitrogens with zero attached hydrogens (tertiary/aromatic N) is 2. The van der Waals surface area contributed by atoms with E-state index in [0.29, 0.717) is 0 Å². The Morgan fingerprint density at radius 3 is 2.47 bits per heavy atom. The average Bonchev–Trinajstić information content (AvgIpc) is 2.38. The third-order valence-corrected chi connectivity index (χ3v) is 3.78. The van der Waals surface area contributed by atoms with Gasteiger partial charge in [0.05, 0.1) is 5.69 Å². The van der Waals surface area contributed by atoms with Crippen LogP contribution in [0.2, 0.25) is 0 Å². The summed E-state index contributed by atoms with van der Waals surface area (Å²) in [6, 6.07) is 5.09. The largest absolute Gasteiger partial charge is 0.256 e. The summed E-state index contributed by atoms with van der Waals surface area (Å²) in [4.78, 5) is 8.26. The first kappa shape index (κ1) is 13.4. The van der Waals surface area contributed by atoms with Gasteiger partial charge in [0.25, 0.3) is 0 Å². The normalized spacial score (nSPS) is 11.3. The molecule has 2 aromatic rings. The molecule has 19 heavy (non-hydrogen) atoms. The maximum atomic E-state index is 11.3. The first-order chi connectivity index (χ1) is 8.91. The minimum absolute atomic E-state index is 0.0623. The molecule has 0 unspecified atom stereocenters. The Balaban J connectivity index is 2.46. The molecule has 0 bridgehead atoms. The fourth-order valence-corrected chi connectivity index (χ4v) is 2.23. The van der Waals surface area contributed by atoms with E-state index in [1.807, 2.05) is 13.0 Å². The van der Waals surface area contributed by atoms with Crippen molar-refractivity contribution in [2.75, 3.05) is 6.26 Å². The van der Waals surface area contributed by atoms with Crippen LogP contribution >= 0.6 is 0 Å². The highest BCUT2D eigenvalue weighted by Gasteiger charge is 2.09. The molecule has 0 amide bonds. The highest BCUT2D eigenvalue weighted by molar-refractivity contribution is 7.90. The molecule has 0 saturated carbocycles. The smallest absolute Gasteiger partial charge is 0.192 e. The van der Waals surface area contributed by atoms with Crippen molar-refractivity contribution in [1.29, 1.82) is 0 Å². The van der Waals surface area contributed by atoms with E-state index in [9.17, 15) is 8.42 Å². The summed E-state index contributed by atoms with van der Waals surface area (Å²) in [5.41, 5.74) is 3.56. The van der Waals surface area contributed by atoms with Gasteiger partial charge in [0.2, 0.25) is 0 Å². The maximum absolute atomic E-state index is 11.3. The number of aryl methyl sites for hydroxylation is 1. The van der Waals surface area contributed by atoms with Gasteiger partial charge in [-0.1, -0.05) is 12.7 Å². The van der Waals surface area contributed by atoms with Crippen LogP contribution in [-0.4, -0.2) is 24.6 Å². The van der Waals surface area contributed by atoms with Crippen LogP contribution in [0.5, 0.6) is 0 Å². The zero-order valence-electron chi connectivity index (χ0n) is 10.8. The molecule has 0 aliphatic heterocycles. The second kappa shape index (κ2) is 4.93. The highest BCUT2D eigenvalue weighted by Crippen LogP contribution is 2.20. The molecule has 2 heterocycles. The van der Waals surface area contributed by atoms with Crippen LogP contribution in [0, 0.1) is 6.92 Å². The van der Waals surface area contributed by atoms with Gasteiger partial charge in [-0.2, -0.15) is 0 Å². The summed E-state index contributed by atoms with van der Waals surface area (Å²) in [5.74, 6) is 0. The van der Waals surface area contributed by atoms with Crippen molar-refractivity contribution in [1.82, 2.24) is 9.97 Å². The minimum Gasteiger partial charge on any atom is -0.256 e. The van der Waals surface area contributed by atoms with E-state index in [1.165, 1.54) is 12.3 Å². The van der Waals surface area contributed by atoms with Crippen molar-refractivity contribution < 1.29 is 8.42 Å². The summed E-state index contributed by atoms with van der Waals surface area (Å²) >= 11 is 0. The molecule has 0 N–H and O–H groups in total. The molecule has 5 heteroatoms. The molecule has 0 aliphatic carbocycles. The van der Waals surface area contributed by atoms with Crippen LogP contribution in [0.15, 0.2) is 42.2 Å². The molecule has 0 fully saturated rings. The Kier molecular flexibility index (Phi) is 3.48. The fourth-order valence-electron chi connectivity index (χ4n) is 1.67. The first-order valence-corrected chi connectivity index (χ1v) is 7.56. The lowest BCUT2D eigenvalue weighted by atomic mass is 10.1. The Morgan fingerprint density at radius 1 is 1.21 bits per heavy atom. The van der Waals surface area contributed by atoms with Gasteiger partial charge in [-0.3, -0.25) is 4.98 Å². The van der Waals surface area contributed by atoms with Crippen molar-refractivity contribution in [3.8, 4) is 11.3 Å². The van der Waals surface area contributed by atoms with Gasteiger partial charge in [-0.25, -0.2) is 13.4 Å². The molecular weight excluding hydrogens is 260 g/mol. The minimum atomic E-state index is -3.27. The molecule has 0 aromatic carbocycles. The van der Waals surface area contributed by atoms with Gasteiger partial charge in [0.15, 0.2) is 14.9 Å². The number of hydrogen-bond acceptors (Lipinski definition) is 4. The van der Waals surface area contributed by atoms with E-state index in [2.05, 4.69) is 16.5 Å². The third kappa shape index (κ3) is 2.88. The number of hydrogen-bond donors (Lipinski definition) is 0. The van der Waals surface area contributed by atoms with Crippen LogP contribution < -0.4 is 0 Å². The maximum Gasteiger partial charge on any atom is 0.192 e. The van der Waals surface area contributed by atoms with Crippen LogP contribution in [-0.2, 0) is 9.84 Å². The van der Waals surface area contributed by atoms with Crippen LogP contribution in [0.25, 0.3) is 17.3 Å². The van der Waals surface area contributed by atoms with Crippen molar-refractivity contribution in [2.45, 2.75) is 11.9 Å². The summed E-state index contributed by atoms with van der Waals surface area (Å²) in [5, 5.41) is 0.0623. The predicted molar refractivity (Wildman–Crippen MR) is 75.4 cm³/mol. The molecule has 0 atom stereocenters. The summed E-state index contributed by atoms with van der Waals surface area (Å²) in [6.07, 6.45) is 6.17. The molecule has 98 valence electrons. The van der Waals surface area contributed by atoms with Crippen LogP contribution in [0.4, 0.5) is 0 Å². The van der Waals surface area contributed by atoms with E-state index >= 15 is 0 Å². The van der Waals surface area contributed by atoms with E-state index < -0.39 is 9.84 Å². The second-order valence-electron chi connectivity index (χ2n) is 4.29. The lowest BCUT2D eigenvalue weighted by molar-refractivity contribution is 0.598. The second-order valence-corrected chi connectivity index (χ2v) is 6.25. The molecule has 2 aromatic heterocycles. The summed E-state index contributed by atoms with van der Waals surface area (Å²) in [7, 11) is -3.27. The molecule has 0 spiro atoms. The zero-order valence-corrected chi connectivity index (χ0v) is 11.6. The van der Waals surface area contributed by atoms with Gasteiger partial charge in [-0.05, 0) is 36.2 Å². The highest BCUT2D eigenvalue weighted by atomic mass is 32.2. The van der Waals surface area contributed by atoms with Crippen molar-refractivity contribution in [3.05, 3.63) is 48.3 Å². The van der Waals surface area contributed by atoms with Crippen LogP contribution in [0.3, 0.4) is 0 Å². The third-order valence-electron chi connectivity index (χ3n) is 2.78. The summed E-state index contributed by atoms with van der Waals surface area (Å²) in [6.45, 7) is 5.71. The monoisotopic (exact) mass is 274 g/mol. The fraction of sp³-hybridized carbons (Fsp3) is 0.143. The van der Waals surface area contributed by atoms with E-state index in [-0.39, 0.29) is 5.03 Å². The molecule has 4 nitrogen and oxygen atoms in total. The lowest BCUT2D eigenvalue weighted by Crippen LogP contribution is -2.00. The number of rotatable bonds is 3. The van der Waals surface area contributed by atoms with E-state index in [0.717, 1.165) is 28.6 Å². The Labute approximate surface area is 112 Å². The van der Waals surface area contributed by atoms with Gasteiger partial charge in [0, 0.05) is 24.2 Å². The average molecular weight is 274 g/mol. The molecule has 0 saturated heterocycles. The Bertz CT molecular complexity index is 720. The Hall–Kier alpha value is -2.01. The van der Waals surface area contributed by atoms with Gasteiger partial charge < -0.3 is 0 Å². The zero-order chi connectivity index (χ0) is 14.0. The number of pyridine rings is 2. The Morgan fingerprint density at radius 2 is 1.95 bits per heavy atom. The van der Waals surface area contributed by atoms with Crippen molar-refractivity contribution in [3.63, 3.8) is 0 Å². The van der Waals surface area contributed by atoms with E-state index in [4.69, 9.17) is 0 Å². The SMILES string of the molecule is C=Cc1cc(-c2ccc(S(C)(=O)=O)nc2)ncc1C.